The van der Waals surface area contributed by atoms with Crippen LogP contribution in [-0.2, 0) is 24.4 Å². The lowest BCUT2D eigenvalue weighted by atomic mass is 10.1. The van der Waals surface area contributed by atoms with Gasteiger partial charge in [0.1, 0.15) is 12.4 Å². The van der Waals surface area contributed by atoms with Gasteiger partial charge in [0, 0.05) is 49.9 Å². The van der Waals surface area contributed by atoms with Crippen molar-refractivity contribution >= 4 is 10.9 Å². The summed E-state index contributed by atoms with van der Waals surface area (Å²) >= 11 is 0. The predicted octanol–water partition coefficient (Wildman–Crippen LogP) is 4.51. The molecule has 0 atom stereocenters. The summed E-state index contributed by atoms with van der Waals surface area (Å²) in [6, 6.07) is 17.5. The predicted molar refractivity (Wildman–Crippen MR) is 109 cm³/mol. The largest absolute Gasteiger partial charge is 0.489 e. The fourth-order valence-electron chi connectivity index (χ4n) is 3.43. The van der Waals surface area contributed by atoms with Crippen molar-refractivity contribution in [3.05, 3.63) is 65.9 Å². The van der Waals surface area contributed by atoms with E-state index < -0.39 is 0 Å². The smallest absolute Gasteiger partial charge is 0.120 e. The Balaban J connectivity index is 1.54. The summed E-state index contributed by atoms with van der Waals surface area (Å²) in [5.74, 6) is 0.925. The Morgan fingerprint density at radius 2 is 1.96 bits per heavy atom. The minimum absolute atomic E-state index is 0.594. The molecule has 1 aliphatic carbocycles. The van der Waals surface area contributed by atoms with Gasteiger partial charge >= 0.3 is 0 Å². The summed E-state index contributed by atoms with van der Waals surface area (Å²) < 4.78 is 13.6. The van der Waals surface area contributed by atoms with Gasteiger partial charge in [0.15, 0.2) is 0 Å². The normalized spacial score (nSPS) is 14.0. The Morgan fingerprint density at radius 3 is 2.74 bits per heavy atom. The standard InChI is InChI=1S/C23H28N2O2/c1-26-13-5-12-25-16-19(15-24-20-8-9-20)22-14-21(10-11-23(22)25)27-17-18-6-3-2-4-7-18/h2-4,6-7,10-11,14,16,20,24H,5,8-9,12-13,15,17H2,1H3. The van der Waals surface area contributed by atoms with Gasteiger partial charge in [-0.25, -0.2) is 0 Å². The van der Waals surface area contributed by atoms with Crippen LogP contribution >= 0.6 is 0 Å². The van der Waals surface area contributed by atoms with Crippen molar-refractivity contribution in [3.8, 4) is 5.75 Å². The highest BCUT2D eigenvalue weighted by atomic mass is 16.5. The van der Waals surface area contributed by atoms with Crippen molar-refractivity contribution in [2.75, 3.05) is 13.7 Å². The molecule has 2 aromatic carbocycles. The summed E-state index contributed by atoms with van der Waals surface area (Å²) in [5, 5.41) is 4.93. The van der Waals surface area contributed by atoms with Crippen LogP contribution in [0.1, 0.15) is 30.4 Å². The Labute approximate surface area is 161 Å². The van der Waals surface area contributed by atoms with Gasteiger partial charge in [0.05, 0.1) is 0 Å². The van der Waals surface area contributed by atoms with E-state index in [9.17, 15) is 0 Å². The van der Waals surface area contributed by atoms with Gasteiger partial charge in [-0.1, -0.05) is 30.3 Å². The fourth-order valence-corrected chi connectivity index (χ4v) is 3.43. The van der Waals surface area contributed by atoms with Crippen LogP contribution in [0.15, 0.2) is 54.7 Å². The van der Waals surface area contributed by atoms with Crippen molar-refractivity contribution in [2.24, 2.45) is 0 Å². The average Bonchev–Trinajstić information content (AvgIpc) is 3.48. The number of benzene rings is 2. The highest BCUT2D eigenvalue weighted by Gasteiger charge is 2.21. The van der Waals surface area contributed by atoms with Crippen LogP contribution in [0.3, 0.4) is 0 Å². The number of rotatable bonds is 10. The molecule has 0 aliphatic heterocycles. The highest BCUT2D eigenvalue weighted by molar-refractivity contribution is 5.85. The molecule has 1 N–H and O–H groups in total. The van der Waals surface area contributed by atoms with E-state index in [2.05, 4.69) is 46.4 Å². The SMILES string of the molecule is COCCCn1cc(CNC2CC2)c2cc(OCc3ccccc3)ccc21. The third-order valence-corrected chi connectivity index (χ3v) is 5.09. The van der Waals surface area contributed by atoms with Crippen LogP contribution in [-0.4, -0.2) is 24.3 Å². The molecule has 0 spiro atoms. The topological polar surface area (TPSA) is 35.4 Å². The minimum Gasteiger partial charge on any atom is -0.489 e. The highest BCUT2D eigenvalue weighted by Crippen LogP contribution is 2.28. The molecular formula is C23H28N2O2. The number of aromatic nitrogens is 1. The zero-order valence-electron chi connectivity index (χ0n) is 16.0. The molecule has 4 heteroatoms. The molecule has 0 bridgehead atoms. The maximum atomic E-state index is 6.05. The molecular weight excluding hydrogens is 336 g/mol. The van der Waals surface area contributed by atoms with E-state index >= 15 is 0 Å². The van der Waals surface area contributed by atoms with E-state index in [4.69, 9.17) is 9.47 Å². The van der Waals surface area contributed by atoms with E-state index in [1.165, 1.54) is 34.9 Å². The molecule has 4 rings (SSSR count). The van der Waals surface area contributed by atoms with Gasteiger partial charge in [0.25, 0.3) is 0 Å². The van der Waals surface area contributed by atoms with E-state index in [-0.39, 0.29) is 0 Å². The first-order valence-electron chi connectivity index (χ1n) is 9.84. The van der Waals surface area contributed by atoms with Crippen LogP contribution in [0.5, 0.6) is 5.75 Å². The summed E-state index contributed by atoms with van der Waals surface area (Å²) in [6.45, 7) is 3.27. The number of hydrogen-bond acceptors (Lipinski definition) is 3. The Kier molecular flexibility index (Phi) is 5.75. The molecule has 1 saturated carbocycles. The van der Waals surface area contributed by atoms with E-state index in [1.807, 2.05) is 18.2 Å². The second-order valence-electron chi connectivity index (χ2n) is 7.30. The Morgan fingerprint density at radius 1 is 1.11 bits per heavy atom. The molecule has 0 radical (unpaired) electrons. The third kappa shape index (κ3) is 4.71. The summed E-state index contributed by atoms with van der Waals surface area (Å²) in [7, 11) is 1.76. The quantitative estimate of drug-likeness (QED) is 0.538. The van der Waals surface area contributed by atoms with Crippen LogP contribution in [0, 0.1) is 0 Å². The summed E-state index contributed by atoms with van der Waals surface area (Å²) in [4.78, 5) is 0. The molecule has 4 nitrogen and oxygen atoms in total. The second-order valence-corrected chi connectivity index (χ2v) is 7.30. The lowest BCUT2D eigenvalue weighted by Gasteiger charge is -2.08. The summed E-state index contributed by atoms with van der Waals surface area (Å²) in [5.41, 5.74) is 3.80. The zero-order chi connectivity index (χ0) is 18.5. The molecule has 142 valence electrons. The Hall–Kier alpha value is -2.30. The van der Waals surface area contributed by atoms with E-state index in [0.29, 0.717) is 12.6 Å². The first-order valence-corrected chi connectivity index (χ1v) is 9.84. The first-order chi connectivity index (χ1) is 13.3. The number of fused-ring (bicyclic) bond motifs is 1. The van der Waals surface area contributed by atoms with Crippen LogP contribution < -0.4 is 10.1 Å². The van der Waals surface area contributed by atoms with Crippen LogP contribution in [0.25, 0.3) is 10.9 Å². The maximum Gasteiger partial charge on any atom is 0.120 e. The van der Waals surface area contributed by atoms with E-state index in [1.54, 1.807) is 7.11 Å². The van der Waals surface area contributed by atoms with Gasteiger partial charge in [-0.15, -0.1) is 0 Å². The molecule has 0 saturated heterocycles. The lowest BCUT2D eigenvalue weighted by Crippen LogP contribution is -2.15. The molecule has 1 aromatic heterocycles. The number of methoxy groups -OCH3 is 1. The monoisotopic (exact) mass is 364 g/mol. The molecule has 0 amide bonds. The second kappa shape index (κ2) is 8.59. The first kappa shape index (κ1) is 18.1. The van der Waals surface area contributed by atoms with Crippen molar-refractivity contribution in [3.63, 3.8) is 0 Å². The summed E-state index contributed by atoms with van der Waals surface area (Å²) in [6.07, 6.45) is 5.91. The molecule has 27 heavy (non-hydrogen) atoms. The van der Waals surface area contributed by atoms with Crippen molar-refractivity contribution in [1.82, 2.24) is 9.88 Å². The number of nitrogens with one attached hydrogen (secondary N) is 1. The van der Waals surface area contributed by atoms with Gasteiger partial charge in [-0.2, -0.15) is 0 Å². The van der Waals surface area contributed by atoms with Crippen LogP contribution in [0.2, 0.25) is 0 Å². The van der Waals surface area contributed by atoms with Crippen molar-refractivity contribution in [2.45, 2.75) is 45.0 Å². The number of nitrogens with zero attached hydrogens (tertiary/aromatic N) is 1. The van der Waals surface area contributed by atoms with Crippen molar-refractivity contribution < 1.29 is 9.47 Å². The molecule has 1 heterocycles. The third-order valence-electron chi connectivity index (χ3n) is 5.09. The minimum atomic E-state index is 0.594. The van der Waals surface area contributed by atoms with Gasteiger partial charge in [-0.3, -0.25) is 0 Å². The van der Waals surface area contributed by atoms with Crippen molar-refractivity contribution in [1.29, 1.82) is 0 Å². The molecule has 3 aromatic rings. The average molecular weight is 364 g/mol. The van der Waals surface area contributed by atoms with Crippen LogP contribution in [0.4, 0.5) is 0 Å². The lowest BCUT2D eigenvalue weighted by molar-refractivity contribution is 0.190. The van der Waals surface area contributed by atoms with Gasteiger partial charge in [-0.05, 0) is 48.6 Å². The van der Waals surface area contributed by atoms with Gasteiger partial charge in [0.2, 0.25) is 0 Å². The molecule has 0 unspecified atom stereocenters. The number of aryl methyl sites for hydroxylation is 1. The number of hydrogen-bond donors (Lipinski definition) is 1. The maximum absolute atomic E-state index is 6.05. The van der Waals surface area contributed by atoms with E-state index in [0.717, 1.165) is 31.9 Å². The molecule has 1 aliphatic rings. The Bertz CT molecular complexity index is 869. The number of ether oxygens (including phenoxy) is 2. The van der Waals surface area contributed by atoms with Gasteiger partial charge < -0.3 is 19.4 Å². The fraction of sp³-hybridized carbons (Fsp3) is 0.391. The molecule has 1 fully saturated rings. The zero-order valence-corrected chi connectivity index (χ0v) is 16.0.